The molecule has 0 aliphatic rings. The molecule has 16 heteroatoms. The molecule has 0 aromatic carbocycles. The highest BCUT2D eigenvalue weighted by molar-refractivity contribution is 4.78. The average molecular weight is 394 g/mol. The second kappa shape index (κ2) is 6.12. The summed E-state index contributed by atoms with van der Waals surface area (Å²) in [4.78, 5) is 0. The lowest BCUT2D eigenvalue weighted by molar-refractivity contribution is -0.556. The summed E-state index contributed by atoms with van der Waals surface area (Å²) in [6, 6.07) is 0. The van der Waals surface area contributed by atoms with E-state index in [1.54, 1.807) is 4.74 Å². The highest BCUT2D eigenvalue weighted by Crippen LogP contribution is 2.49. The minimum atomic E-state index is -7.11. The van der Waals surface area contributed by atoms with E-state index in [0.717, 1.165) is 0 Å². The van der Waals surface area contributed by atoms with Crippen LogP contribution in [0, 0.1) is 0 Å². The Morgan fingerprint density at radius 1 is 0.500 bits per heavy atom. The lowest BCUT2D eigenvalue weighted by atomic mass is 10.5. The van der Waals surface area contributed by atoms with Gasteiger partial charge in [0, 0.05) is 0 Å². The van der Waals surface area contributed by atoms with E-state index in [0.29, 0.717) is 0 Å². The van der Waals surface area contributed by atoms with Gasteiger partial charge in [0.25, 0.3) is 0 Å². The van der Waals surface area contributed by atoms with E-state index in [2.05, 4.69) is 11.3 Å². The first-order chi connectivity index (χ1) is 10.2. The largest absolute Gasteiger partial charge is 0.493 e. The minimum absolute atomic E-state index is 0.456. The Bertz CT molecular complexity index is 455. The molecule has 0 aliphatic carbocycles. The van der Waals surface area contributed by atoms with Crippen LogP contribution in [0.25, 0.3) is 0 Å². The topological polar surface area (TPSA) is 27.7 Å². The summed E-state index contributed by atoms with van der Waals surface area (Å²) in [5.74, 6) is 0. The smallest absolute Gasteiger partial charge is 0.435 e. The standard InChI is InChI=1S/C8H3F13O3/c1-2-22-5(14,15)6(16,17)24-8(20,21)7(18,19)23-4(12,13)3(9,10)11/h2H,1H2. The van der Waals surface area contributed by atoms with E-state index in [1.807, 2.05) is 0 Å². The summed E-state index contributed by atoms with van der Waals surface area (Å²) in [6.45, 7) is 2.30. The van der Waals surface area contributed by atoms with Crippen LogP contribution in [0.5, 0.6) is 0 Å². The highest BCUT2D eigenvalue weighted by Gasteiger charge is 2.75. The van der Waals surface area contributed by atoms with E-state index in [1.165, 1.54) is 4.74 Å². The van der Waals surface area contributed by atoms with Crippen molar-refractivity contribution in [1.29, 1.82) is 0 Å². The fraction of sp³-hybridized carbons (Fsp3) is 0.750. The van der Waals surface area contributed by atoms with Crippen LogP contribution in [-0.2, 0) is 14.2 Å². The molecule has 24 heavy (non-hydrogen) atoms. The van der Waals surface area contributed by atoms with Crippen molar-refractivity contribution in [2.24, 2.45) is 0 Å². The Kier molecular flexibility index (Phi) is 5.75. The average Bonchev–Trinajstić information content (AvgIpc) is 2.23. The van der Waals surface area contributed by atoms with Crippen LogP contribution < -0.4 is 0 Å². The third kappa shape index (κ3) is 4.55. The van der Waals surface area contributed by atoms with Crippen molar-refractivity contribution < 1.29 is 71.3 Å². The summed E-state index contributed by atoms with van der Waals surface area (Å²) >= 11 is 0. The SMILES string of the molecule is C=COC(F)(F)C(F)(F)OC(F)(F)C(F)(F)OC(F)(F)C(F)(F)F. The maximum atomic E-state index is 12.7. The molecule has 0 aromatic rings. The zero-order chi connectivity index (χ0) is 19.8. The molecule has 0 aliphatic heterocycles. The van der Waals surface area contributed by atoms with Gasteiger partial charge in [-0.25, -0.2) is 9.47 Å². The first kappa shape index (κ1) is 22.6. The molecule has 0 bridgehead atoms. The molecule has 0 fully saturated rings. The van der Waals surface area contributed by atoms with Crippen molar-refractivity contribution in [1.82, 2.24) is 0 Å². The molecule has 0 amide bonds. The molecule has 0 spiro atoms. The lowest BCUT2D eigenvalue weighted by Crippen LogP contribution is -2.57. The Balaban J connectivity index is 5.53. The van der Waals surface area contributed by atoms with Gasteiger partial charge < -0.3 is 4.74 Å². The molecular formula is C8H3F13O3. The zero-order valence-electron chi connectivity index (χ0n) is 10.4. The Hall–Kier alpha value is -1.45. The van der Waals surface area contributed by atoms with Gasteiger partial charge in [-0.05, 0) is 0 Å². The summed E-state index contributed by atoms with van der Waals surface area (Å²) in [7, 11) is 0. The number of alkyl halides is 13. The molecule has 0 unspecified atom stereocenters. The molecule has 3 nitrogen and oxygen atoms in total. The third-order valence-corrected chi connectivity index (χ3v) is 1.75. The molecular weight excluding hydrogens is 391 g/mol. The quantitative estimate of drug-likeness (QED) is 0.441. The van der Waals surface area contributed by atoms with Crippen molar-refractivity contribution >= 4 is 0 Å². The Morgan fingerprint density at radius 2 is 0.792 bits per heavy atom. The summed E-state index contributed by atoms with van der Waals surface area (Å²) in [6.07, 6.45) is -41.3. The maximum Gasteiger partial charge on any atom is 0.493 e. The van der Waals surface area contributed by atoms with E-state index >= 15 is 0 Å². The number of halogens is 13. The van der Waals surface area contributed by atoms with Crippen LogP contribution in [0.2, 0.25) is 0 Å². The van der Waals surface area contributed by atoms with Gasteiger partial charge in [0.15, 0.2) is 0 Å². The van der Waals surface area contributed by atoms with Crippen molar-refractivity contribution in [2.75, 3.05) is 0 Å². The first-order valence-electron chi connectivity index (χ1n) is 4.87. The molecule has 0 atom stereocenters. The fourth-order valence-electron chi connectivity index (χ4n) is 0.731. The van der Waals surface area contributed by atoms with Gasteiger partial charge in [-0.2, -0.15) is 57.1 Å². The molecule has 0 radical (unpaired) electrons. The zero-order valence-corrected chi connectivity index (χ0v) is 10.4. The predicted octanol–water partition coefficient (Wildman–Crippen LogP) is 4.71. The second-order valence-electron chi connectivity index (χ2n) is 3.57. The first-order valence-corrected chi connectivity index (χ1v) is 4.87. The van der Waals surface area contributed by atoms with Crippen LogP contribution in [-0.4, -0.2) is 36.7 Å². The second-order valence-corrected chi connectivity index (χ2v) is 3.57. The van der Waals surface area contributed by atoms with E-state index in [9.17, 15) is 57.1 Å². The van der Waals surface area contributed by atoms with Gasteiger partial charge >= 0.3 is 36.7 Å². The minimum Gasteiger partial charge on any atom is -0.435 e. The van der Waals surface area contributed by atoms with Crippen molar-refractivity contribution in [3.05, 3.63) is 12.8 Å². The Labute approximate surface area is 122 Å². The maximum absolute atomic E-state index is 12.7. The number of rotatable bonds is 8. The summed E-state index contributed by atoms with van der Waals surface area (Å²) < 4.78 is 166. The van der Waals surface area contributed by atoms with Crippen molar-refractivity contribution in [2.45, 2.75) is 36.7 Å². The van der Waals surface area contributed by atoms with Crippen molar-refractivity contribution in [3.63, 3.8) is 0 Å². The highest BCUT2D eigenvalue weighted by atomic mass is 19.4. The summed E-state index contributed by atoms with van der Waals surface area (Å²) in [5.41, 5.74) is 0. The van der Waals surface area contributed by atoms with Gasteiger partial charge in [0.05, 0.1) is 6.26 Å². The lowest BCUT2D eigenvalue weighted by Gasteiger charge is -2.33. The van der Waals surface area contributed by atoms with Crippen LogP contribution in [0.1, 0.15) is 0 Å². The number of hydrogen-bond donors (Lipinski definition) is 0. The van der Waals surface area contributed by atoms with Crippen LogP contribution in [0.4, 0.5) is 57.1 Å². The monoisotopic (exact) mass is 394 g/mol. The van der Waals surface area contributed by atoms with Gasteiger partial charge in [0.1, 0.15) is 0 Å². The number of ether oxygens (including phenoxy) is 3. The molecule has 144 valence electrons. The van der Waals surface area contributed by atoms with Gasteiger partial charge in [-0.1, -0.05) is 6.58 Å². The molecule has 0 rings (SSSR count). The van der Waals surface area contributed by atoms with Crippen LogP contribution >= 0.6 is 0 Å². The number of hydrogen-bond acceptors (Lipinski definition) is 3. The molecule has 0 saturated heterocycles. The van der Waals surface area contributed by atoms with Crippen LogP contribution in [0.15, 0.2) is 12.8 Å². The Morgan fingerprint density at radius 3 is 1.08 bits per heavy atom. The van der Waals surface area contributed by atoms with Gasteiger partial charge in [0.2, 0.25) is 0 Å². The van der Waals surface area contributed by atoms with E-state index in [4.69, 9.17) is 0 Å². The van der Waals surface area contributed by atoms with Crippen LogP contribution in [0.3, 0.4) is 0 Å². The van der Waals surface area contributed by atoms with E-state index in [-0.39, 0.29) is 0 Å². The normalized spacial score (nSPS) is 15.4. The van der Waals surface area contributed by atoms with E-state index < -0.39 is 43.0 Å². The van der Waals surface area contributed by atoms with Gasteiger partial charge in [-0.3, -0.25) is 0 Å². The van der Waals surface area contributed by atoms with Crippen molar-refractivity contribution in [3.8, 4) is 0 Å². The molecule has 0 aromatic heterocycles. The fourth-order valence-corrected chi connectivity index (χ4v) is 0.731. The summed E-state index contributed by atoms with van der Waals surface area (Å²) in [5, 5.41) is 0. The third-order valence-electron chi connectivity index (χ3n) is 1.75. The molecule has 0 saturated carbocycles. The predicted molar refractivity (Wildman–Crippen MR) is 44.2 cm³/mol. The molecule has 0 heterocycles. The molecule has 0 N–H and O–H groups in total. The van der Waals surface area contributed by atoms with Gasteiger partial charge in [-0.15, -0.1) is 0 Å².